The van der Waals surface area contributed by atoms with Gasteiger partial charge in [-0.25, -0.2) is 4.39 Å². The van der Waals surface area contributed by atoms with Crippen LogP contribution in [0.1, 0.15) is 31.9 Å². The van der Waals surface area contributed by atoms with Crippen molar-refractivity contribution < 1.29 is 13.9 Å². The molecule has 0 amide bonds. The standard InChI is InChI=1S/C19H21FN2O2S/c1-19(2)11-16(13-9-8-12(23-3)10-17(13)24-19)22-18(25)21-15-7-5-4-6-14(15)20/h4-10,16H,11H2,1-3H3,(H2,21,22,25). The molecule has 4 nitrogen and oxygen atoms in total. The Balaban J connectivity index is 1.80. The Morgan fingerprint density at radius 3 is 2.76 bits per heavy atom. The molecule has 0 saturated heterocycles. The number of benzene rings is 2. The molecule has 1 unspecified atom stereocenters. The summed E-state index contributed by atoms with van der Waals surface area (Å²) in [6.45, 7) is 4.05. The van der Waals surface area contributed by atoms with Gasteiger partial charge in [0.05, 0.1) is 18.8 Å². The average Bonchev–Trinajstić information content (AvgIpc) is 2.55. The van der Waals surface area contributed by atoms with Crippen LogP contribution in [0.15, 0.2) is 42.5 Å². The van der Waals surface area contributed by atoms with E-state index in [-0.39, 0.29) is 17.5 Å². The van der Waals surface area contributed by atoms with Crippen LogP contribution >= 0.6 is 12.2 Å². The lowest BCUT2D eigenvalue weighted by molar-refractivity contribution is 0.0693. The summed E-state index contributed by atoms with van der Waals surface area (Å²) in [5, 5.41) is 6.56. The van der Waals surface area contributed by atoms with E-state index >= 15 is 0 Å². The summed E-state index contributed by atoms with van der Waals surface area (Å²) in [6.07, 6.45) is 0.728. The van der Waals surface area contributed by atoms with Gasteiger partial charge in [-0.05, 0) is 50.3 Å². The van der Waals surface area contributed by atoms with Gasteiger partial charge in [-0.15, -0.1) is 0 Å². The average molecular weight is 360 g/mol. The van der Waals surface area contributed by atoms with Gasteiger partial charge in [0.25, 0.3) is 0 Å². The molecular weight excluding hydrogens is 339 g/mol. The number of hydrogen-bond donors (Lipinski definition) is 2. The SMILES string of the molecule is COc1ccc2c(c1)OC(C)(C)CC2NC(=S)Nc1ccccc1F. The first-order chi connectivity index (χ1) is 11.9. The molecule has 132 valence electrons. The molecule has 1 aliphatic heterocycles. The minimum Gasteiger partial charge on any atom is -0.497 e. The molecule has 1 atom stereocenters. The van der Waals surface area contributed by atoms with Crippen LogP contribution < -0.4 is 20.1 Å². The van der Waals surface area contributed by atoms with Crippen LogP contribution in [0.3, 0.4) is 0 Å². The van der Waals surface area contributed by atoms with Crippen LogP contribution in [0.25, 0.3) is 0 Å². The third kappa shape index (κ3) is 4.02. The fourth-order valence-electron chi connectivity index (χ4n) is 2.97. The van der Waals surface area contributed by atoms with E-state index in [1.54, 1.807) is 25.3 Å². The lowest BCUT2D eigenvalue weighted by Crippen LogP contribution is -2.42. The molecule has 2 N–H and O–H groups in total. The normalized spacial score (nSPS) is 17.8. The van der Waals surface area contributed by atoms with Crippen molar-refractivity contribution in [3.63, 3.8) is 0 Å². The topological polar surface area (TPSA) is 42.5 Å². The second-order valence-electron chi connectivity index (χ2n) is 6.60. The highest BCUT2D eigenvalue weighted by Crippen LogP contribution is 2.41. The van der Waals surface area contributed by atoms with Crippen LogP contribution in [0.4, 0.5) is 10.1 Å². The Labute approximate surface area is 152 Å². The summed E-state index contributed by atoms with van der Waals surface area (Å²) in [4.78, 5) is 0. The lowest BCUT2D eigenvalue weighted by atomic mass is 9.89. The van der Waals surface area contributed by atoms with Gasteiger partial charge < -0.3 is 20.1 Å². The number of thiocarbonyl (C=S) groups is 1. The number of fused-ring (bicyclic) bond motifs is 1. The van der Waals surface area contributed by atoms with E-state index in [1.807, 2.05) is 32.0 Å². The third-order valence-corrected chi connectivity index (χ3v) is 4.33. The maximum absolute atomic E-state index is 13.8. The number of ether oxygens (including phenoxy) is 2. The Morgan fingerprint density at radius 2 is 2.04 bits per heavy atom. The predicted molar refractivity (Wildman–Crippen MR) is 101 cm³/mol. The van der Waals surface area contributed by atoms with E-state index in [4.69, 9.17) is 21.7 Å². The quantitative estimate of drug-likeness (QED) is 0.793. The highest BCUT2D eigenvalue weighted by Gasteiger charge is 2.34. The van der Waals surface area contributed by atoms with Gasteiger partial charge in [0.15, 0.2) is 5.11 Å². The number of hydrogen-bond acceptors (Lipinski definition) is 3. The molecular formula is C19H21FN2O2S. The minimum absolute atomic E-state index is 0.0450. The van der Waals surface area contributed by atoms with Crippen molar-refractivity contribution >= 4 is 23.0 Å². The zero-order valence-electron chi connectivity index (χ0n) is 14.4. The fourth-order valence-corrected chi connectivity index (χ4v) is 3.22. The molecule has 6 heteroatoms. The van der Waals surface area contributed by atoms with Crippen LogP contribution in [0, 0.1) is 5.82 Å². The number of methoxy groups -OCH3 is 1. The molecule has 2 aromatic rings. The molecule has 0 fully saturated rings. The highest BCUT2D eigenvalue weighted by molar-refractivity contribution is 7.80. The number of rotatable bonds is 3. The van der Waals surface area contributed by atoms with Crippen LogP contribution in [0.5, 0.6) is 11.5 Å². The number of para-hydroxylation sites is 1. The Hall–Kier alpha value is -2.34. The van der Waals surface area contributed by atoms with Crippen LogP contribution in [-0.4, -0.2) is 17.8 Å². The first-order valence-electron chi connectivity index (χ1n) is 8.07. The van der Waals surface area contributed by atoms with Crippen molar-refractivity contribution in [1.29, 1.82) is 0 Å². The minimum atomic E-state index is -0.357. The van der Waals surface area contributed by atoms with E-state index in [2.05, 4.69) is 10.6 Å². The highest BCUT2D eigenvalue weighted by atomic mass is 32.1. The fraction of sp³-hybridized carbons (Fsp3) is 0.316. The number of nitrogens with one attached hydrogen (secondary N) is 2. The smallest absolute Gasteiger partial charge is 0.171 e. The summed E-state index contributed by atoms with van der Waals surface area (Å²) >= 11 is 5.37. The predicted octanol–water partition coefficient (Wildman–Crippen LogP) is 4.42. The Kier molecular flexibility index (Phi) is 4.81. The van der Waals surface area contributed by atoms with Crippen LogP contribution in [0.2, 0.25) is 0 Å². The number of anilines is 1. The van der Waals surface area contributed by atoms with E-state index in [1.165, 1.54) is 6.07 Å². The second-order valence-corrected chi connectivity index (χ2v) is 7.01. The van der Waals surface area contributed by atoms with Crippen molar-refractivity contribution in [2.24, 2.45) is 0 Å². The first kappa shape index (κ1) is 17.5. The lowest BCUT2D eigenvalue weighted by Gasteiger charge is -2.38. The molecule has 3 rings (SSSR count). The van der Waals surface area contributed by atoms with Gasteiger partial charge in [0.2, 0.25) is 0 Å². The number of halogens is 1. The molecule has 1 aliphatic rings. The van der Waals surface area contributed by atoms with Crippen molar-refractivity contribution in [2.75, 3.05) is 12.4 Å². The maximum Gasteiger partial charge on any atom is 0.171 e. The summed E-state index contributed by atoms with van der Waals surface area (Å²) in [6, 6.07) is 12.1. The zero-order valence-corrected chi connectivity index (χ0v) is 15.2. The van der Waals surface area contributed by atoms with E-state index in [0.717, 1.165) is 23.5 Å². The summed E-state index contributed by atoms with van der Waals surface area (Å²) in [7, 11) is 1.62. The van der Waals surface area contributed by atoms with Gasteiger partial charge in [-0.2, -0.15) is 0 Å². The molecule has 2 aromatic carbocycles. The molecule has 1 heterocycles. The molecule has 0 spiro atoms. The van der Waals surface area contributed by atoms with Crippen molar-refractivity contribution in [1.82, 2.24) is 5.32 Å². The van der Waals surface area contributed by atoms with Crippen LogP contribution in [-0.2, 0) is 0 Å². The Bertz CT molecular complexity index is 795. The zero-order chi connectivity index (χ0) is 18.0. The second kappa shape index (κ2) is 6.88. The van der Waals surface area contributed by atoms with Crippen molar-refractivity contribution in [3.05, 3.63) is 53.8 Å². The molecule has 0 aliphatic carbocycles. The van der Waals surface area contributed by atoms with Gasteiger partial charge in [0.1, 0.15) is 22.9 Å². The molecule has 0 bridgehead atoms. The van der Waals surface area contributed by atoms with E-state index in [0.29, 0.717) is 10.8 Å². The third-order valence-electron chi connectivity index (χ3n) is 4.11. The first-order valence-corrected chi connectivity index (χ1v) is 8.48. The molecule has 25 heavy (non-hydrogen) atoms. The van der Waals surface area contributed by atoms with E-state index < -0.39 is 0 Å². The summed E-state index contributed by atoms with van der Waals surface area (Å²) in [5.41, 5.74) is 0.990. The summed E-state index contributed by atoms with van der Waals surface area (Å²) < 4.78 is 25.1. The monoisotopic (exact) mass is 360 g/mol. The largest absolute Gasteiger partial charge is 0.497 e. The summed E-state index contributed by atoms with van der Waals surface area (Å²) in [5.74, 6) is 1.16. The van der Waals surface area contributed by atoms with Gasteiger partial charge in [-0.1, -0.05) is 12.1 Å². The van der Waals surface area contributed by atoms with Gasteiger partial charge >= 0.3 is 0 Å². The van der Waals surface area contributed by atoms with Crippen molar-refractivity contribution in [3.8, 4) is 11.5 Å². The Morgan fingerprint density at radius 1 is 1.28 bits per heavy atom. The van der Waals surface area contributed by atoms with Crippen molar-refractivity contribution in [2.45, 2.75) is 31.9 Å². The molecule has 0 aromatic heterocycles. The maximum atomic E-state index is 13.8. The molecule has 0 saturated carbocycles. The van der Waals surface area contributed by atoms with Gasteiger partial charge in [0, 0.05) is 18.1 Å². The van der Waals surface area contributed by atoms with E-state index in [9.17, 15) is 4.39 Å². The molecule has 0 radical (unpaired) electrons. The van der Waals surface area contributed by atoms with Gasteiger partial charge in [-0.3, -0.25) is 0 Å².